The number of anilines is 1. The molecule has 10 heteroatoms. The molecule has 1 aromatic heterocycles. The standard InChI is InChI=1S/C11H18N3O6P/c1-2-18-21(16,17)19-7-8-3-4-10(20-8)14-6-5-9(12)13-11(14)15/h5-6,8,10H,2-4,7H2,1H3,(H,16,17)(H2,12,13,15). The van der Waals surface area contributed by atoms with E-state index in [1.807, 2.05) is 0 Å². The highest BCUT2D eigenvalue weighted by atomic mass is 31.2. The van der Waals surface area contributed by atoms with Crippen molar-refractivity contribution < 1.29 is 23.2 Å². The Labute approximate surface area is 121 Å². The number of phosphoric acid groups is 1. The van der Waals surface area contributed by atoms with Gasteiger partial charge in [0.1, 0.15) is 12.0 Å². The minimum Gasteiger partial charge on any atom is -0.383 e. The third-order valence-electron chi connectivity index (χ3n) is 2.96. The highest BCUT2D eigenvalue weighted by Crippen LogP contribution is 2.43. The van der Waals surface area contributed by atoms with E-state index in [4.69, 9.17) is 15.0 Å². The predicted octanol–water partition coefficient (Wildman–Crippen LogP) is 0.657. The number of ether oxygens (including phenoxy) is 1. The van der Waals surface area contributed by atoms with Gasteiger partial charge in [-0.2, -0.15) is 4.98 Å². The van der Waals surface area contributed by atoms with Gasteiger partial charge in [0, 0.05) is 6.20 Å². The second-order valence-corrected chi connectivity index (χ2v) is 5.97. The second-order valence-electron chi connectivity index (χ2n) is 4.51. The van der Waals surface area contributed by atoms with Gasteiger partial charge >= 0.3 is 13.5 Å². The molecule has 3 atom stereocenters. The fourth-order valence-corrected chi connectivity index (χ4v) is 2.79. The van der Waals surface area contributed by atoms with E-state index in [0.29, 0.717) is 12.8 Å². The number of hydrogen-bond acceptors (Lipinski definition) is 7. The molecule has 3 N–H and O–H groups in total. The smallest absolute Gasteiger partial charge is 0.383 e. The first kappa shape index (κ1) is 16.1. The summed E-state index contributed by atoms with van der Waals surface area (Å²) in [7, 11) is -4.03. The molecule has 0 aromatic carbocycles. The zero-order valence-corrected chi connectivity index (χ0v) is 12.4. The van der Waals surface area contributed by atoms with E-state index in [0.717, 1.165) is 0 Å². The lowest BCUT2D eigenvalue weighted by atomic mass is 10.2. The van der Waals surface area contributed by atoms with Crippen LogP contribution in [0, 0.1) is 0 Å². The minimum absolute atomic E-state index is 0.0778. The molecule has 1 saturated heterocycles. The average molecular weight is 319 g/mol. The molecular formula is C11H18N3O6P. The molecule has 21 heavy (non-hydrogen) atoms. The third-order valence-corrected chi connectivity index (χ3v) is 4.02. The molecule has 0 amide bonds. The van der Waals surface area contributed by atoms with Gasteiger partial charge in [0.05, 0.1) is 19.3 Å². The van der Waals surface area contributed by atoms with Crippen molar-refractivity contribution in [3.05, 3.63) is 22.7 Å². The predicted molar refractivity (Wildman–Crippen MR) is 73.5 cm³/mol. The number of hydrogen-bond donors (Lipinski definition) is 2. The number of rotatable bonds is 6. The van der Waals surface area contributed by atoms with E-state index in [2.05, 4.69) is 9.51 Å². The van der Waals surface area contributed by atoms with Crippen LogP contribution in [0.5, 0.6) is 0 Å². The van der Waals surface area contributed by atoms with Gasteiger partial charge in [-0.05, 0) is 25.8 Å². The summed E-state index contributed by atoms with van der Waals surface area (Å²) >= 11 is 0. The lowest BCUT2D eigenvalue weighted by Crippen LogP contribution is -2.27. The van der Waals surface area contributed by atoms with Gasteiger partial charge in [-0.1, -0.05) is 0 Å². The Balaban J connectivity index is 1.92. The van der Waals surface area contributed by atoms with E-state index in [1.165, 1.54) is 16.8 Å². The Morgan fingerprint density at radius 3 is 3.00 bits per heavy atom. The van der Waals surface area contributed by atoms with Crippen molar-refractivity contribution in [2.24, 2.45) is 0 Å². The first-order valence-corrected chi connectivity index (χ1v) is 8.03. The maximum atomic E-state index is 11.7. The first-order chi connectivity index (χ1) is 9.91. The summed E-state index contributed by atoms with van der Waals surface area (Å²) in [6, 6.07) is 1.51. The molecule has 1 aliphatic rings. The van der Waals surface area contributed by atoms with Crippen LogP contribution in [0.4, 0.5) is 5.82 Å². The molecule has 1 aliphatic heterocycles. The summed E-state index contributed by atoms with van der Waals surface area (Å²) < 4.78 is 27.7. The molecule has 0 spiro atoms. The Kier molecular flexibility index (Phi) is 5.13. The van der Waals surface area contributed by atoms with Crippen molar-refractivity contribution in [3.63, 3.8) is 0 Å². The van der Waals surface area contributed by atoms with E-state index in [-0.39, 0.29) is 25.1 Å². The number of aromatic nitrogens is 2. The molecule has 0 radical (unpaired) electrons. The summed E-state index contributed by atoms with van der Waals surface area (Å²) in [6.07, 6.45) is 1.80. The van der Waals surface area contributed by atoms with E-state index in [1.54, 1.807) is 6.92 Å². The largest absolute Gasteiger partial charge is 0.472 e. The molecule has 3 unspecified atom stereocenters. The zero-order chi connectivity index (χ0) is 15.5. The highest BCUT2D eigenvalue weighted by Gasteiger charge is 2.30. The lowest BCUT2D eigenvalue weighted by Gasteiger charge is -2.17. The monoisotopic (exact) mass is 319 g/mol. The second kappa shape index (κ2) is 6.67. The van der Waals surface area contributed by atoms with Gasteiger partial charge in [-0.15, -0.1) is 0 Å². The molecule has 0 aliphatic carbocycles. The van der Waals surface area contributed by atoms with Crippen molar-refractivity contribution in [3.8, 4) is 0 Å². The van der Waals surface area contributed by atoms with E-state index < -0.39 is 19.7 Å². The SMILES string of the molecule is CCOP(=O)(O)OCC1CCC(n2ccc(N)nc2=O)O1. The van der Waals surface area contributed by atoms with Crippen LogP contribution in [-0.2, 0) is 18.3 Å². The van der Waals surface area contributed by atoms with Crippen molar-refractivity contribution >= 4 is 13.6 Å². The van der Waals surface area contributed by atoms with Crippen LogP contribution in [-0.4, -0.2) is 33.8 Å². The van der Waals surface area contributed by atoms with Gasteiger partial charge < -0.3 is 15.4 Å². The topological polar surface area (TPSA) is 126 Å². The molecule has 2 rings (SSSR count). The molecule has 1 aromatic rings. The van der Waals surface area contributed by atoms with Crippen LogP contribution >= 0.6 is 7.82 Å². The van der Waals surface area contributed by atoms with E-state index >= 15 is 0 Å². The van der Waals surface area contributed by atoms with Crippen molar-refractivity contribution in [1.82, 2.24) is 9.55 Å². The Morgan fingerprint density at radius 2 is 2.33 bits per heavy atom. The van der Waals surface area contributed by atoms with Crippen LogP contribution in [0.3, 0.4) is 0 Å². The molecule has 118 valence electrons. The molecule has 2 heterocycles. The summed E-state index contributed by atoms with van der Waals surface area (Å²) in [5.41, 5.74) is 4.92. The van der Waals surface area contributed by atoms with Crippen LogP contribution in [0.25, 0.3) is 0 Å². The summed E-state index contributed by atoms with van der Waals surface area (Å²) in [6.45, 7) is 1.59. The minimum atomic E-state index is -4.03. The number of phosphoric ester groups is 1. The maximum absolute atomic E-state index is 11.7. The summed E-state index contributed by atoms with van der Waals surface area (Å²) in [5.74, 6) is 0.145. The molecule has 1 fully saturated rings. The van der Waals surface area contributed by atoms with Gasteiger partial charge in [-0.3, -0.25) is 13.6 Å². The van der Waals surface area contributed by atoms with Gasteiger partial charge in [0.25, 0.3) is 0 Å². The normalized spacial score (nSPS) is 24.9. The molecular weight excluding hydrogens is 301 g/mol. The van der Waals surface area contributed by atoms with Crippen LogP contribution in [0.15, 0.2) is 17.1 Å². The summed E-state index contributed by atoms with van der Waals surface area (Å²) in [4.78, 5) is 24.6. The van der Waals surface area contributed by atoms with Crippen LogP contribution in [0.1, 0.15) is 26.0 Å². The average Bonchev–Trinajstić information content (AvgIpc) is 2.85. The fraction of sp³-hybridized carbons (Fsp3) is 0.636. The Bertz CT molecular complexity index is 592. The molecule has 0 saturated carbocycles. The highest BCUT2D eigenvalue weighted by molar-refractivity contribution is 7.47. The Morgan fingerprint density at radius 1 is 1.57 bits per heavy atom. The van der Waals surface area contributed by atoms with Gasteiger partial charge in [-0.25, -0.2) is 9.36 Å². The lowest BCUT2D eigenvalue weighted by molar-refractivity contribution is -0.0257. The summed E-state index contributed by atoms with van der Waals surface area (Å²) in [5, 5.41) is 0. The van der Waals surface area contributed by atoms with E-state index in [9.17, 15) is 14.3 Å². The number of nitrogen functional groups attached to an aromatic ring is 1. The number of nitrogens with zero attached hydrogens (tertiary/aromatic N) is 2. The zero-order valence-electron chi connectivity index (χ0n) is 11.5. The maximum Gasteiger partial charge on any atom is 0.472 e. The van der Waals surface area contributed by atoms with Crippen molar-refractivity contribution in [2.75, 3.05) is 18.9 Å². The quantitative estimate of drug-likeness (QED) is 0.732. The van der Waals surface area contributed by atoms with Crippen LogP contribution in [0.2, 0.25) is 0 Å². The number of nitrogens with two attached hydrogens (primary N) is 1. The van der Waals surface area contributed by atoms with Crippen molar-refractivity contribution in [2.45, 2.75) is 32.1 Å². The fourth-order valence-electron chi connectivity index (χ4n) is 2.04. The Hall–Kier alpha value is -1.25. The first-order valence-electron chi connectivity index (χ1n) is 6.53. The van der Waals surface area contributed by atoms with Crippen LogP contribution < -0.4 is 11.4 Å². The molecule has 9 nitrogen and oxygen atoms in total. The van der Waals surface area contributed by atoms with Gasteiger partial charge in [0.2, 0.25) is 0 Å². The molecule has 0 bridgehead atoms. The van der Waals surface area contributed by atoms with Crippen molar-refractivity contribution in [1.29, 1.82) is 0 Å². The third kappa shape index (κ3) is 4.36. The van der Waals surface area contributed by atoms with Gasteiger partial charge in [0.15, 0.2) is 0 Å².